The number of phenolic OH excluding ortho intramolecular Hbond substituents is 1. The van der Waals surface area contributed by atoms with Crippen molar-refractivity contribution < 1.29 is 23.4 Å². The Labute approximate surface area is 235 Å². The number of carbonyl (C=O) groups is 1. The molecule has 0 saturated heterocycles. The quantitative estimate of drug-likeness (QED) is 0.301. The second-order valence-corrected chi connectivity index (χ2v) is 10.7. The highest BCUT2D eigenvalue weighted by molar-refractivity contribution is 5.84. The zero-order chi connectivity index (χ0) is 30.1. The lowest BCUT2D eigenvalue weighted by Crippen LogP contribution is -2.44. The molecule has 0 fully saturated rings. The lowest BCUT2D eigenvalue weighted by Gasteiger charge is -2.22. The average Bonchev–Trinajstić information content (AvgIpc) is 2.88. The van der Waals surface area contributed by atoms with Crippen molar-refractivity contribution in [2.24, 2.45) is 0 Å². The van der Waals surface area contributed by atoms with Gasteiger partial charge >= 0.3 is 11.8 Å². The van der Waals surface area contributed by atoms with Gasteiger partial charge < -0.3 is 9.84 Å². The first kappa shape index (κ1) is 29.3. The number of amides is 1. The lowest BCUT2D eigenvalue weighted by molar-refractivity contribution is 0.0636. The number of phenols is 1. The van der Waals surface area contributed by atoms with Crippen LogP contribution in [0.1, 0.15) is 50.6 Å². The SMILES string of the molecule is Cc1c(-c2ccc(O)cc2)c(=O)n([C@H](C)c2ccc(NC(=O)OC(C)(C)C)cc2)c(=O)n1Cc1c(F)cccc1F. The molecule has 2 N–H and O–H groups in total. The van der Waals surface area contributed by atoms with Crippen molar-refractivity contribution in [1.29, 1.82) is 0 Å². The van der Waals surface area contributed by atoms with Crippen LogP contribution < -0.4 is 16.6 Å². The summed E-state index contributed by atoms with van der Waals surface area (Å²) in [7, 11) is 0. The molecule has 1 amide bonds. The van der Waals surface area contributed by atoms with Gasteiger partial charge in [0.2, 0.25) is 0 Å². The van der Waals surface area contributed by atoms with Crippen molar-refractivity contribution in [3.63, 3.8) is 0 Å². The van der Waals surface area contributed by atoms with Crippen molar-refractivity contribution in [3.05, 3.63) is 116 Å². The molecule has 8 nitrogen and oxygen atoms in total. The Morgan fingerprint density at radius 1 is 0.976 bits per heavy atom. The van der Waals surface area contributed by atoms with Crippen LogP contribution in [0.3, 0.4) is 0 Å². The summed E-state index contributed by atoms with van der Waals surface area (Å²) < 4.78 is 36.7. The average molecular weight is 564 g/mol. The molecule has 1 heterocycles. The molecule has 0 bridgehead atoms. The molecule has 4 aromatic rings. The van der Waals surface area contributed by atoms with Crippen molar-refractivity contribution >= 4 is 11.8 Å². The number of nitrogens with one attached hydrogen (secondary N) is 1. The maximum Gasteiger partial charge on any atom is 0.412 e. The summed E-state index contributed by atoms with van der Waals surface area (Å²) in [4.78, 5) is 39.8. The molecular weight excluding hydrogens is 532 g/mol. The van der Waals surface area contributed by atoms with Gasteiger partial charge in [0.05, 0.1) is 18.2 Å². The monoisotopic (exact) mass is 563 g/mol. The molecule has 0 spiro atoms. The highest BCUT2D eigenvalue weighted by Crippen LogP contribution is 2.25. The number of halogens is 2. The summed E-state index contributed by atoms with van der Waals surface area (Å²) in [5, 5.41) is 12.4. The summed E-state index contributed by atoms with van der Waals surface area (Å²) in [6.45, 7) is 7.99. The predicted molar refractivity (Wildman–Crippen MR) is 152 cm³/mol. The first-order valence-corrected chi connectivity index (χ1v) is 12.9. The van der Waals surface area contributed by atoms with Gasteiger partial charge in [-0.3, -0.25) is 19.2 Å². The minimum Gasteiger partial charge on any atom is -0.508 e. The largest absolute Gasteiger partial charge is 0.508 e. The first-order valence-electron chi connectivity index (χ1n) is 12.9. The summed E-state index contributed by atoms with van der Waals surface area (Å²) in [5.41, 5.74) is -0.535. The van der Waals surface area contributed by atoms with Crippen molar-refractivity contribution in [3.8, 4) is 16.9 Å². The maximum absolute atomic E-state index is 14.6. The molecule has 1 aromatic heterocycles. The Morgan fingerprint density at radius 3 is 2.12 bits per heavy atom. The van der Waals surface area contributed by atoms with E-state index < -0.39 is 47.2 Å². The molecule has 3 aromatic carbocycles. The lowest BCUT2D eigenvalue weighted by atomic mass is 10.0. The first-order chi connectivity index (χ1) is 19.3. The fourth-order valence-electron chi connectivity index (χ4n) is 4.52. The molecule has 1 atom stereocenters. The number of aromatic hydroxyl groups is 1. The van der Waals surface area contributed by atoms with Gasteiger partial charge in [0.1, 0.15) is 23.0 Å². The van der Waals surface area contributed by atoms with E-state index in [0.717, 1.165) is 16.7 Å². The number of benzene rings is 3. The number of rotatable bonds is 6. The minimum absolute atomic E-state index is 0.0121. The third-order valence-corrected chi connectivity index (χ3v) is 6.60. The van der Waals surface area contributed by atoms with E-state index in [4.69, 9.17) is 4.74 Å². The maximum atomic E-state index is 14.6. The van der Waals surface area contributed by atoms with Crippen LogP contribution >= 0.6 is 0 Å². The van der Waals surface area contributed by atoms with Crippen LogP contribution in [0.25, 0.3) is 11.1 Å². The molecule has 0 unspecified atom stereocenters. The van der Waals surface area contributed by atoms with E-state index in [9.17, 15) is 28.3 Å². The van der Waals surface area contributed by atoms with Gasteiger partial charge in [0.25, 0.3) is 5.56 Å². The fraction of sp³-hybridized carbons (Fsp3) is 0.258. The second-order valence-electron chi connectivity index (χ2n) is 10.7. The molecule has 0 aliphatic rings. The molecule has 0 saturated carbocycles. The van der Waals surface area contributed by atoms with Crippen LogP contribution in [0.4, 0.5) is 19.3 Å². The van der Waals surface area contributed by atoms with Gasteiger partial charge in [-0.2, -0.15) is 0 Å². The van der Waals surface area contributed by atoms with Gasteiger partial charge in [-0.25, -0.2) is 18.4 Å². The fourth-order valence-corrected chi connectivity index (χ4v) is 4.52. The standard InChI is InChI=1S/C31H31F2N3O5/c1-18(20-9-13-22(14-10-20)34-29(39)41-31(3,4)5)36-28(38)27(21-11-15-23(37)16-12-21)19(2)35(30(36)40)17-24-25(32)7-6-8-26(24)33/h6-16,18,37H,17H2,1-5H3,(H,34,39)/t18-/m1/s1. The number of aromatic nitrogens is 2. The smallest absolute Gasteiger partial charge is 0.412 e. The van der Waals surface area contributed by atoms with E-state index in [1.54, 1.807) is 52.0 Å². The summed E-state index contributed by atoms with van der Waals surface area (Å²) >= 11 is 0. The third-order valence-electron chi connectivity index (χ3n) is 6.60. The molecule has 41 heavy (non-hydrogen) atoms. The molecule has 10 heteroatoms. The Bertz CT molecular complexity index is 1680. The van der Waals surface area contributed by atoms with E-state index in [0.29, 0.717) is 16.8 Å². The topological polar surface area (TPSA) is 103 Å². The minimum atomic E-state index is -0.818. The number of ether oxygens (including phenoxy) is 1. The zero-order valence-corrected chi connectivity index (χ0v) is 23.4. The van der Waals surface area contributed by atoms with Gasteiger partial charge in [-0.1, -0.05) is 30.3 Å². The van der Waals surface area contributed by atoms with E-state index in [2.05, 4.69) is 5.32 Å². The second kappa shape index (κ2) is 11.4. The molecule has 0 aliphatic heterocycles. The van der Waals surface area contributed by atoms with E-state index in [1.807, 2.05) is 0 Å². The van der Waals surface area contributed by atoms with Crippen LogP contribution in [-0.4, -0.2) is 25.9 Å². The van der Waals surface area contributed by atoms with Gasteiger partial charge in [0, 0.05) is 16.9 Å². The van der Waals surface area contributed by atoms with Gasteiger partial charge in [-0.15, -0.1) is 0 Å². The Kier molecular flexibility index (Phi) is 8.14. The Hall–Kier alpha value is -4.73. The Morgan fingerprint density at radius 2 is 1.56 bits per heavy atom. The van der Waals surface area contributed by atoms with Crippen LogP contribution in [0.2, 0.25) is 0 Å². The van der Waals surface area contributed by atoms with Crippen molar-refractivity contribution in [2.45, 2.75) is 52.8 Å². The highest BCUT2D eigenvalue weighted by Gasteiger charge is 2.24. The number of carbonyl (C=O) groups excluding carboxylic acids is 1. The molecule has 0 aliphatic carbocycles. The normalized spacial score (nSPS) is 12.2. The number of nitrogens with zero attached hydrogens (tertiary/aromatic N) is 2. The van der Waals surface area contributed by atoms with Crippen molar-refractivity contribution in [2.75, 3.05) is 5.32 Å². The predicted octanol–water partition coefficient (Wildman–Crippen LogP) is 5.97. The van der Waals surface area contributed by atoms with Crippen LogP contribution in [0.5, 0.6) is 5.75 Å². The number of hydrogen-bond acceptors (Lipinski definition) is 5. The van der Waals surface area contributed by atoms with E-state index in [-0.39, 0.29) is 22.6 Å². The van der Waals surface area contributed by atoms with Crippen LogP contribution in [0.15, 0.2) is 76.3 Å². The van der Waals surface area contributed by atoms with Gasteiger partial charge in [0.15, 0.2) is 0 Å². The van der Waals surface area contributed by atoms with Crippen molar-refractivity contribution in [1.82, 2.24) is 9.13 Å². The van der Waals surface area contributed by atoms with Crippen LogP contribution in [-0.2, 0) is 11.3 Å². The zero-order valence-electron chi connectivity index (χ0n) is 23.4. The molecule has 0 radical (unpaired) electrons. The highest BCUT2D eigenvalue weighted by atomic mass is 19.1. The molecule has 214 valence electrons. The number of hydrogen-bond donors (Lipinski definition) is 2. The van der Waals surface area contributed by atoms with Gasteiger partial charge in [-0.05, 0) is 82.1 Å². The Balaban J connectivity index is 1.82. The van der Waals surface area contributed by atoms with Crippen LogP contribution in [0, 0.1) is 18.6 Å². The molecule has 4 rings (SSSR count). The number of anilines is 1. The third kappa shape index (κ3) is 6.37. The van der Waals surface area contributed by atoms with E-state index >= 15 is 0 Å². The molecular formula is C31H31F2N3O5. The summed E-state index contributed by atoms with van der Waals surface area (Å²) in [6.07, 6.45) is -0.630. The van der Waals surface area contributed by atoms with E-state index in [1.165, 1.54) is 41.8 Å². The summed E-state index contributed by atoms with van der Waals surface area (Å²) in [5.74, 6) is -1.65. The summed E-state index contributed by atoms with van der Waals surface area (Å²) in [6, 6.07) is 15.1.